The van der Waals surface area contributed by atoms with E-state index < -0.39 is 10.0 Å². The molecular weight excluding hydrogens is 318 g/mol. The quantitative estimate of drug-likeness (QED) is 0.788. The molecule has 2 aromatic rings. The number of aromatic nitrogens is 3. The summed E-state index contributed by atoms with van der Waals surface area (Å²) >= 11 is 0. The molecule has 0 N–H and O–H groups in total. The molecule has 0 aromatic carbocycles. The van der Waals surface area contributed by atoms with Crippen LogP contribution < -0.4 is 0 Å². The van der Waals surface area contributed by atoms with Crippen molar-refractivity contribution in [2.24, 2.45) is 0 Å². The van der Waals surface area contributed by atoms with Crippen LogP contribution in [0.15, 0.2) is 28.1 Å². The van der Waals surface area contributed by atoms with Crippen molar-refractivity contribution in [2.45, 2.75) is 25.3 Å². The Morgan fingerprint density at radius 1 is 1.17 bits per heavy atom. The number of nitrogens with zero attached hydrogens (tertiary/aromatic N) is 5. The molecule has 0 radical (unpaired) electrons. The lowest BCUT2D eigenvalue weighted by molar-refractivity contribution is 0.182. The fourth-order valence-electron chi connectivity index (χ4n) is 2.84. The molecule has 8 nitrogen and oxygen atoms in total. The normalized spacial score (nSPS) is 17.7. The standard InChI is InChI=1S/C14H21N5O3S/c1-12-14(13(2)22-16-12)23(20,21)19-9-7-17(8-10-19)5-6-18-4-3-15-11-18/h3-4,11H,5-10H2,1-2H3. The third kappa shape index (κ3) is 3.31. The van der Waals surface area contributed by atoms with Crippen molar-refractivity contribution >= 4 is 10.0 Å². The van der Waals surface area contributed by atoms with Gasteiger partial charge in [0.1, 0.15) is 10.6 Å². The van der Waals surface area contributed by atoms with Gasteiger partial charge in [0.05, 0.1) is 6.33 Å². The van der Waals surface area contributed by atoms with Crippen LogP contribution in [-0.2, 0) is 16.6 Å². The summed E-state index contributed by atoms with van der Waals surface area (Å²) in [7, 11) is -3.53. The smallest absolute Gasteiger partial charge is 0.248 e. The van der Waals surface area contributed by atoms with Crippen molar-refractivity contribution in [3.8, 4) is 0 Å². The van der Waals surface area contributed by atoms with E-state index in [2.05, 4.69) is 15.0 Å². The maximum atomic E-state index is 12.7. The van der Waals surface area contributed by atoms with Crippen molar-refractivity contribution in [1.82, 2.24) is 23.9 Å². The topological polar surface area (TPSA) is 84.5 Å². The highest BCUT2D eigenvalue weighted by Gasteiger charge is 2.33. The summed E-state index contributed by atoms with van der Waals surface area (Å²) in [6.07, 6.45) is 5.48. The summed E-state index contributed by atoms with van der Waals surface area (Å²) in [5.41, 5.74) is 0.421. The van der Waals surface area contributed by atoms with Crippen molar-refractivity contribution < 1.29 is 12.9 Å². The van der Waals surface area contributed by atoms with E-state index in [0.717, 1.165) is 26.2 Å². The summed E-state index contributed by atoms with van der Waals surface area (Å²) in [4.78, 5) is 6.49. The fraction of sp³-hybridized carbons (Fsp3) is 0.571. The van der Waals surface area contributed by atoms with Gasteiger partial charge >= 0.3 is 0 Å². The minimum absolute atomic E-state index is 0.212. The zero-order valence-electron chi connectivity index (χ0n) is 13.3. The van der Waals surface area contributed by atoms with E-state index in [1.54, 1.807) is 26.4 Å². The molecule has 0 bridgehead atoms. The molecule has 1 aliphatic rings. The molecule has 9 heteroatoms. The summed E-state index contributed by atoms with van der Waals surface area (Å²) < 4.78 is 34.0. The molecule has 0 amide bonds. The SMILES string of the molecule is Cc1noc(C)c1S(=O)(=O)N1CCN(CCn2ccnc2)CC1. The molecule has 1 fully saturated rings. The van der Waals surface area contributed by atoms with Gasteiger partial charge in [-0.05, 0) is 13.8 Å². The first kappa shape index (κ1) is 16.2. The third-order valence-electron chi connectivity index (χ3n) is 4.13. The first-order valence-electron chi connectivity index (χ1n) is 7.59. The molecule has 0 unspecified atom stereocenters. The Bertz CT molecular complexity index is 726. The van der Waals surface area contributed by atoms with Crippen LogP contribution in [0.4, 0.5) is 0 Å². The Kier molecular flexibility index (Phi) is 4.51. The lowest BCUT2D eigenvalue weighted by atomic mass is 10.3. The zero-order valence-corrected chi connectivity index (χ0v) is 14.2. The minimum atomic E-state index is -3.53. The maximum Gasteiger partial charge on any atom is 0.248 e. The fourth-order valence-corrected chi connectivity index (χ4v) is 4.55. The van der Waals surface area contributed by atoms with Gasteiger partial charge in [-0.15, -0.1) is 0 Å². The van der Waals surface area contributed by atoms with Crippen LogP contribution in [0.2, 0.25) is 0 Å². The van der Waals surface area contributed by atoms with Gasteiger partial charge < -0.3 is 9.09 Å². The van der Waals surface area contributed by atoms with Gasteiger partial charge in [0.2, 0.25) is 10.0 Å². The lowest BCUT2D eigenvalue weighted by Gasteiger charge is -2.33. The monoisotopic (exact) mass is 339 g/mol. The van der Waals surface area contributed by atoms with Crippen molar-refractivity contribution in [2.75, 3.05) is 32.7 Å². The summed E-state index contributed by atoms with van der Waals surface area (Å²) in [6.45, 7) is 7.44. The van der Waals surface area contributed by atoms with E-state index in [-0.39, 0.29) is 4.90 Å². The van der Waals surface area contributed by atoms with Crippen molar-refractivity contribution in [3.05, 3.63) is 30.2 Å². The molecule has 3 rings (SSSR count). The van der Waals surface area contributed by atoms with Crippen molar-refractivity contribution in [3.63, 3.8) is 0 Å². The molecular formula is C14H21N5O3S. The van der Waals surface area contributed by atoms with Gasteiger partial charge in [0.25, 0.3) is 0 Å². The average molecular weight is 339 g/mol. The van der Waals surface area contributed by atoms with Gasteiger partial charge in [-0.2, -0.15) is 4.31 Å². The molecule has 1 aliphatic heterocycles. The average Bonchev–Trinajstić information content (AvgIpc) is 3.15. The molecule has 1 saturated heterocycles. The zero-order chi connectivity index (χ0) is 16.4. The number of rotatable bonds is 5. The maximum absolute atomic E-state index is 12.7. The van der Waals surface area contributed by atoms with Crippen LogP contribution in [-0.4, -0.2) is 65.1 Å². The van der Waals surface area contributed by atoms with Crippen molar-refractivity contribution in [1.29, 1.82) is 0 Å². The first-order chi connectivity index (χ1) is 11.0. The van der Waals surface area contributed by atoms with Gasteiger partial charge in [-0.3, -0.25) is 4.90 Å². The van der Waals surface area contributed by atoms with Gasteiger partial charge in [-0.25, -0.2) is 13.4 Å². The number of piperazine rings is 1. The number of imidazole rings is 1. The number of sulfonamides is 1. The molecule has 3 heterocycles. The predicted molar refractivity (Wildman–Crippen MR) is 83.4 cm³/mol. The summed E-state index contributed by atoms with van der Waals surface area (Å²) in [5, 5.41) is 3.75. The molecule has 0 saturated carbocycles. The lowest BCUT2D eigenvalue weighted by Crippen LogP contribution is -2.49. The Morgan fingerprint density at radius 3 is 2.48 bits per heavy atom. The van der Waals surface area contributed by atoms with Crippen LogP contribution in [0.25, 0.3) is 0 Å². The van der Waals surface area contributed by atoms with E-state index >= 15 is 0 Å². The Hall–Kier alpha value is -1.71. The third-order valence-corrected chi connectivity index (χ3v) is 6.27. The second kappa shape index (κ2) is 6.42. The largest absolute Gasteiger partial charge is 0.360 e. The highest BCUT2D eigenvalue weighted by molar-refractivity contribution is 7.89. The predicted octanol–water partition coefficient (Wildman–Crippen LogP) is 0.494. The number of aryl methyl sites for hydroxylation is 2. The van der Waals surface area contributed by atoms with Crippen LogP contribution in [0, 0.1) is 13.8 Å². The highest BCUT2D eigenvalue weighted by Crippen LogP contribution is 2.24. The van der Waals surface area contributed by atoms with Crippen LogP contribution >= 0.6 is 0 Å². The second-order valence-electron chi connectivity index (χ2n) is 5.70. The molecule has 2 aromatic heterocycles. The Balaban J connectivity index is 1.60. The highest BCUT2D eigenvalue weighted by atomic mass is 32.2. The summed E-state index contributed by atoms with van der Waals surface area (Å²) in [6, 6.07) is 0. The Labute approximate surface area is 135 Å². The molecule has 0 spiro atoms. The van der Waals surface area contributed by atoms with Gasteiger partial charge in [0.15, 0.2) is 5.76 Å². The van der Waals surface area contributed by atoms with E-state index in [0.29, 0.717) is 24.5 Å². The summed E-state index contributed by atoms with van der Waals surface area (Å²) in [5.74, 6) is 0.352. The molecule has 0 aliphatic carbocycles. The van der Waals surface area contributed by atoms with Gasteiger partial charge in [0, 0.05) is 51.7 Å². The van der Waals surface area contributed by atoms with E-state index in [1.165, 1.54) is 4.31 Å². The molecule has 0 atom stereocenters. The van der Waals surface area contributed by atoms with Crippen LogP contribution in [0.3, 0.4) is 0 Å². The first-order valence-corrected chi connectivity index (χ1v) is 9.03. The number of hydrogen-bond donors (Lipinski definition) is 0. The van der Waals surface area contributed by atoms with Crippen LogP contribution in [0.5, 0.6) is 0 Å². The molecule has 23 heavy (non-hydrogen) atoms. The van der Waals surface area contributed by atoms with E-state index in [4.69, 9.17) is 4.52 Å². The van der Waals surface area contributed by atoms with E-state index in [1.807, 2.05) is 10.8 Å². The Morgan fingerprint density at radius 2 is 1.91 bits per heavy atom. The minimum Gasteiger partial charge on any atom is -0.360 e. The van der Waals surface area contributed by atoms with Gasteiger partial charge in [-0.1, -0.05) is 5.16 Å². The van der Waals surface area contributed by atoms with E-state index in [9.17, 15) is 8.42 Å². The number of hydrogen-bond acceptors (Lipinski definition) is 6. The second-order valence-corrected chi connectivity index (χ2v) is 7.57. The molecule has 126 valence electrons. The van der Waals surface area contributed by atoms with Crippen LogP contribution in [0.1, 0.15) is 11.5 Å².